The highest BCUT2D eigenvalue weighted by atomic mass is 19.1. The molecule has 0 aliphatic heterocycles. The van der Waals surface area contributed by atoms with Crippen molar-refractivity contribution in [2.45, 2.75) is 26.4 Å². The first-order valence-corrected chi connectivity index (χ1v) is 9.69. The minimum atomic E-state index is -0.507. The topological polar surface area (TPSA) is 88.1 Å². The maximum absolute atomic E-state index is 13.1. The van der Waals surface area contributed by atoms with Gasteiger partial charge in [-0.3, -0.25) is 4.79 Å². The summed E-state index contributed by atoms with van der Waals surface area (Å²) in [5.41, 5.74) is 3.06. The highest BCUT2D eigenvalue weighted by Crippen LogP contribution is 2.20. The van der Waals surface area contributed by atoms with Gasteiger partial charge >= 0.3 is 6.03 Å². The van der Waals surface area contributed by atoms with Gasteiger partial charge in [0, 0.05) is 17.8 Å². The minimum Gasteiger partial charge on any atom is -0.348 e. The van der Waals surface area contributed by atoms with Crippen molar-refractivity contribution in [2.24, 2.45) is 0 Å². The summed E-state index contributed by atoms with van der Waals surface area (Å²) in [7, 11) is 0. The summed E-state index contributed by atoms with van der Waals surface area (Å²) in [6, 6.07) is 10.9. The molecule has 0 aliphatic carbocycles. The first-order chi connectivity index (χ1) is 14.8. The van der Waals surface area contributed by atoms with E-state index in [1.165, 1.54) is 24.3 Å². The number of amides is 3. The van der Waals surface area contributed by atoms with Gasteiger partial charge in [0.1, 0.15) is 11.6 Å². The molecule has 1 aromatic heterocycles. The molecule has 1 atom stereocenters. The van der Waals surface area contributed by atoms with Crippen LogP contribution in [0.1, 0.15) is 29.8 Å². The Morgan fingerprint density at radius 1 is 1.00 bits per heavy atom. The van der Waals surface area contributed by atoms with Crippen LogP contribution in [-0.2, 0) is 11.3 Å². The zero-order valence-electron chi connectivity index (χ0n) is 17.2. The molecule has 3 amide bonds. The minimum absolute atomic E-state index is 0.204. The second-order valence-electron chi connectivity index (χ2n) is 7.03. The number of hydrogen-bond acceptors (Lipinski definition) is 3. The van der Waals surface area contributed by atoms with E-state index in [4.69, 9.17) is 0 Å². The van der Waals surface area contributed by atoms with E-state index in [9.17, 15) is 18.4 Å². The van der Waals surface area contributed by atoms with E-state index < -0.39 is 6.03 Å². The predicted molar refractivity (Wildman–Crippen MR) is 111 cm³/mol. The molecule has 0 spiro atoms. The molecular formula is C22H23F2N5O2. The fraction of sp³-hybridized carbons (Fsp3) is 0.227. The number of nitrogens with zero attached hydrogens (tertiary/aromatic N) is 2. The van der Waals surface area contributed by atoms with Gasteiger partial charge in [-0.25, -0.2) is 18.3 Å². The number of carbonyl (C=O) groups excluding carboxylic acids is 2. The van der Waals surface area contributed by atoms with Crippen LogP contribution in [0.15, 0.2) is 54.7 Å². The van der Waals surface area contributed by atoms with Gasteiger partial charge in [-0.05, 0) is 55.8 Å². The summed E-state index contributed by atoms with van der Waals surface area (Å²) in [6.07, 6.45) is 1.65. The van der Waals surface area contributed by atoms with Gasteiger partial charge in [0.25, 0.3) is 0 Å². The number of rotatable bonds is 7. The lowest BCUT2D eigenvalue weighted by Gasteiger charge is -2.15. The van der Waals surface area contributed by atoms with E-state index >= 15 is 0 Å². The van der Waals surface area contributed by atoms with E-state index in [-0.39, 0.29) is 36.7 Å². The first-order valence-electron chi connectivity index (χ1n) is 9.69. The van der Waals surface area contributed by atoms with Gasteiger partial charge in [-0.15, -0.1) is 0 Å². The van der Waals surface area contributed by atoms with Crippen molar-refractivity contribution in [3.8, 4) is 5.69 Å². The Bertz CT molecular complexity index is 1050. The average Bonchev–Trinajstić information content (AvgIpc) is 3.14. The van der Waals surface area contributed by atoms with Crippen LogP contribution in [0.5, 0.6) is 0 Å². The zero-order chi connectivity index (χ0) is 22.4. The van der Waals surface area contributed by atoms with Gasteiger partial charge in [0.2, 0.25) is 5.91 Å². The molecule has 2 aromatic carbocycles. The second-order valence-corrected chi connectivity index (χ2v) is 7.03. The Morgan fingerprint density at radius 3 is 2.26 bits per heavy atom. The maximum Gasteiger partial charge on any atom is 0.315 e. The molecule has 0 saturated carbocycles. The van der Waals surface area contributed by atoms with Gasteiger partial charge < -0.3 is 16.0 Å². The van der Waals surface area contributed by atoms with Crippen molar-refractivity contribution in [1.29, 1.82) is 0 Å². The van der Waals surface area contributed by atoms with Crippen molar-refractivity contribution in [3.63, 3.8) is 0 Å². The maximum atomic E-state index is 13.1. The van der Waals surface area contributed by atoms with Gasteiger partial charge in [-0.1, -0.05) is 12.1 Å². The van der Waals surface area contributed by atoms with Crippen LogP contribution in [0.3, 0.4) is 0 Å². The third-order valence-electron chi connectivity index (χ3n) is 4.74. The molecule has 0 fully saturated rings. The fourth-order valence-corrected chi connectivity index (χ4v) is 3.07. The number of nitrogens with one attached hydrogen (secondary N) is 3. The molecule has 31 heavy (non-hydrogen) atoms. The van der Waals surface area contributed by atoms with E-state index in [2.05, 4.69) is 21.0 Å². The van der Waals surface area contributed by atoms with Crippen molar-refractivity contribution in [2.75, 3.05) is 6.54 Å². The van der Waals surface area contributed by atoms with Crippen LogP contribution in [0.2, 0.25) is 0 Å². The lowest BCUT2D eigenvalue weighted by molar-refractivity contribution is -0.120. The van der Waals surface area contributed by atoms with Crippen LogP contribution in [0.4, 0.5) is 13.6 Å². The van der Waals surface area contributed by atoms with Crippen LogP contribution in [-0.4, -0.2) is 28.3 Å². The third-order valence-corrected chi connectivity index (χ3v) is 4.74. The smallest absolute Gasteiger partial charge is 0.315 e. The summed E-state index contributed by atoms with van der Waals surface area (Å²) in [4.78, 5) is 24.1. The molecule has 1 heterocycles. The third kappa shape index (κ3) is 5.88. The molecule has 0 radical (unpaired) electrons. The molecule has 0 aliphatic rings. The summed E-state index contributed by atoms with van der Waals surface area (Å²) in [5, 5.41) is 12.2. The highest BCUT2D eigenvalue weighted by Gasteiger charge is 2.16. The molecule has 1 unspecified atom stereocenters. The standard InChI is InChI=1S/C22H23F2N5O2/c1-14(20-12-27-29(15(20)2)19-9-7-18(24)8-10-19)28-21(30)13-26-22(31)25-11-16-3-5-17(23)6-4-16/h3-10,12,14H,11,13H2,1-2H3,(H,28,30)(H2,25,26,31). The molecule has 7 nitrogen and oxygen atoms in total. The van der Waals surface area contributed by atoms with E-state index in [0.29, 0.717) is 5.69 Å². The Balaban J connectivity index is 1.48. The predicted octanol–water partition coefficient (Wildman–Crippen LogP) is 3.14. The van der Waals surface area contributed by atoms with Crippen LogP contribution in [0.25, 0.3) is 5.69 Å². The monoisotopic (exact) mass is 427 g/mol. The number of urea groups is 1. The van der Waals surface area contributed by atoms with Gasteiger partial charge in [0.15, 0.2) is 0 Å². The lowest BCUT2D eigenvalue weighted by Crippen LogP contribution is -2.42. The van der Waals surface area contributed by atoms with E-state index in [0.717, 1.165) is 16.8 Å². The molecule has 162 valence electrons. The number of halogens is 2. The average molecular weight is 427 g/mol. The first kappa shape index (κ1) is 21.9. The number of carbonyl (C=O) groups is 2. The number of aromatic nitrogens is 2. The summed E-state index contributed by atoms with van der Waals surface area (Å²) < 4.78 is 27.7. The summed E-state index contributed by atoms with van der Waals surface area (Å²) in [6.45, 7) is 3.68. The fourth-order valence-electron chi connectivity index (χ4n) is 3.07. The quantitative estimate of drug-likeness (QED) is 0.541. The molecular weight excluding hydrogens is 404 g/mol. The Morgan fingerprint density at radius 2 is 1.61 bits per heavy atom. The van der Waals surface area contributed by atoms with Crippen LogP contribution < -0.4 is 16.0 Å². The largest absolute Gasteiger partial charge is 0.348 e. The molecule has 0 saturated heterocycles. The van der Waals surface area contributed by atoms with Crippen molar-refractivity contribution in [3.05, 3.63) is 83.2 Å². The van der Waals surface area contributed by atoms with Crippen LogP contribution >= 0.6 is 0 Å². The van der Waals surface area contributed by atoms with Gasteiger partial charge in [0.05, 0.1) is 24.5 Å². The van der Waals surface area contributed by atoms with E-state index in [1.807, 2.05) is 13.8 Å². The van der Waals surface area contributed by atoms with E-state index in [1.54, 1.807) is 35.1 Å². The van der Waals surface area contributed by atoms with Crippen molar-refractivity contribution in [1.82, 2.24) is 25.7 Å². The lowest BCUT2D eigenvalue weighted by atomic mass is 10.1. The Kier molecular flexibility index (Phi) is 6.96. The number of benzene rings is 2. The Labute approximate surface area is 178 Å². The second kappa shape index (κ2) is 9.84. The molecule has 0 bridgehead atoms. The van der Waals surface area contributed by atoms with Crippen molar-refractivity contribution < 1.29 is 18.4 Å². The molecule has 3 N–H and O–H groups in total. The van der Waals surface area contributed by atoms with Crippen molar-refractivity contribution >= 4 is 11.9 Å². The SMILES string of the molecule is Cc1c(C(C)NC(=O)CNC(=O)NCc2ccc(F)cc2)cnn1-c1ccc(F)cc1. The Hall–Kier alpha value is -3.75. The molecule has 9 heteroatoms. The summed E-state index contributed by atoms with van der Waals surface area (Å²) in [5.74, 6) is -1.04. The van der Waals surface area contributed by atoms with Gasteiger partial charge in [-0.2, -0.15) is 5.10 Å². The number of hydrogen-bond donors (Lipinski definition) is 3. The normalized spacial score (nSPS) is 11.6. The zero-order valence-corrected chi connectivity index (χ0v) is 17.2. The van der Waals surface area contributed by atoms with Crippen LogP contribution in [0, 0.1) is 18.6 Å². The molecule has 3 aromatic rings. The highest BCUT2D eigenvalue weighted by molar-refractivity contribution is 5.84. The molecule has 3 rings (SSSR count). The summed E-state index contributed by atoms with van der Waals surface area (Å²) >= 11 is 0.